The third-order valence-electron chi connectivity index (χ3n) is 9.34. The number of carbonyl (C=O) groups excluding carboxylic acids is 1. The minimum atomic E-state index is -0.117. The Balaban J connectivity index is 1.56. The van der Waals surface area contributed by atoms with E-state index in [0.717, 1.165) is 57.2 Å². The van der Waals surface area contributed by atoms with E-state index >= 15 is 0 Å². The van der Waals surface area contributed by atoms with Crippen LogP contribution in [-0.4, -0.2) is 23.2 Å². The Kier molecular flexibility index (Phi) is 5.45. The molecule has 0 heterocycles. The molecule has 4 aliphatic carbocycles. The summed E-state index contributed by atoms with van der Waals surface area (Å²) in [5, 5.41) is 13.8. The Morgan fingerprint density at radius 3 is 2.79 bits per heavy atom. The second-order valence-electron chi connectivity index (χ2n) is 10.5. The fourth-order valence-electron chi connectivity index (χ4n) is 7.68. The van der Waals surface area contributed by atoms with Gasteiger partial charge in [-0.3, -0.25) is 4.79 Å². The summed E-state index contributed by atoms with van der Waals surface area (Å²) >= 11 is 0. The SMILES string of the molecule is C[C@]12CC[C@@H](/C=C\CCCN)CC1/C(=N/O)C[C@@H]1[C@@H]2CC[C@]2(C)C(=O)CC[C@@H]12. The highest BCUT2D eigenvalue weighted by atomic mass is 16.4. The van der Waals surface area contributed by atoms with Gasteiger partial charge in [-0.05, 0) is 93.4 Å². The van der Waals surface area contributed by atoms with E-state index in [4.69, 9.17) is 5.73 Å². The van der Waals surface area contributed by atoms with E-state index in [-0.39, 0.29) is 10.8 Å². The van der Waals surface area contributed by atoms with Gasteiger partial charge in [-0.25, -0.2) is 0 Å². The monoisotopic (exact) mass is 386 g/mol. The van der Waals surface area contributed by atoms with Gasteiger partial charge in [-0.2, -0.15) is 0 Å². The Bertz CT molecular complexity index is 672. The number of nitrogens with zero attached hydrogens (tertiary/aromatic N) is 1. The number of hydrogen-bond acceptors (Lipinski definition) is 4. The van der Waals surface area contributed by atoms with Crippen molar-refractivity contribution in [1.29, 1.82) is 0 Å². The van der Waals surface area contributed by atoms with Crippen LogP contribution in [0.2, 0.25) is 0 Å². The first-order valence-corrected chi connectivity index (χ1v) is 11.5. The predicted octanol–water partition coefficient (Wildman–Crippen LogP) is 4.95. The number of Topliss-reactive ketones (excluding diaryl/α,β-unsaturated/α-hetero) is 1. The molecular weight excluding hydrogens is 348 g/mol. The van der Waals surface area contributed by atoms with Crippen molar-refractivity contribution in [3.63, 3.8) is 0 Å². The molecule has 3 N–H and O–H groups in total. The number of hydrogen-bond donors (Lipinski definition) is 2. The van der Waals surface area contributed by atoms with Crippen molar-refractivity contribution in [3.8, 4) is 0 Å². The third kappa shape index (κ3) is 3.07. The zero-order valence-corrected chi connectivity index (χ0v) is 17.7. The molecule has 0 aromatic carbocycles. The van der Waals surface area contributed by atoms with Crippen molar-refractivity contribution in [1.82, 2.24) is 0 Å². The highest BCUT2D eigenvalue weighted by Crippen LogP contribution is 2.65. The fraction of sp³-hybridized carbons (Fsp3) is 0.833. The maximum Gasteiger partial charge on any atom is 0.139 e. The molecule has 156 valence electrons. The van der Waals surface area contributed by atoms with Gasteiger partial charge in [0.2, 0.25) is 0 Å². The Labute approximate surface area is 170 Å². The van der Waals surface area contributed by atoms with E-state index in [2.05, 4.69) is 31.2 Å². The van der Waals surface area contributed by atoms with Crippen LogP contribution in [0.5, 0.6) is 0 Å². The minimum Gasteiger partial charge on any atom is -0.411 e. The molecule has 0 aromatic rings. The van der Waals surface area contributed by atoms with E-state index in [0.29, 0.717) is 35.4 Å². The largest absolute Gasteiger partial charge is 0.411 e. The summed E-state index contributed by atoms with van der Waals surface area (Å²) < 4.78 is 0. The highest BCUT2D eigenvalue weighted by Gasteiger charge is 2.61. The number of nitrogens with two attached hydrogens (primary N) is 1. The van der Waals surface area contributed by atoms with E-state index in [1.807, 2.05) is 0 Å². The van der Waals surface area contributed by atoms with E-state index < -0.39 is 0 Å². The zero-order chi connectivity index (χ0) is 19.9. The predicted molar refractivity (Wildman–Crippen MR) is 112 cm³/mol. The summed E-state index contributed by atoms with van der Waals surface area (Å²) in [7, 11) is 0. The lowest BCUT2D eigenvalue weighted by Crippen LogP contribution is -2.56. The lowest BCUT2D eigenvalue weighted by atomic mass is 9.44. The van der Waals surface area contributed by atoms with Crippen LogP contribution in [-0.2, 0) is 4.79 Å². The number of carbonyl (C=O) groups is 1. The smallest absolute Gasteiger partial charge is 0.139 e. The molecule has 0 saturated heterocycles. The zero-order valence-electron chi connectivity index (χ0n) is 17.7. The van der Waals surface area contributed by atoms with Crippen LogP contribution < -0.4 is 5.73 Å². The van der Waals surface area contributed by atoms with Crippen LogP contribution in [0, 0.1) is 40.4 Å². The first-order chi connectivity index (χ1) is 13.4. The van der Waals surface area contributed by atoms with Gasteiger partial charge in [-0.1, -0.05) is 31.2 Å². The van der Waals surface area contributed by atoms with Crippen molar-refractivity contribution in [2.75, 3.05) is 6.54 Å². The molecule has 28 heavy (non-hydrogen) atoms. The number of fused-ring (bicyclic) bond motifs is 5. The van der Waals surface area contributed by atoms with E-state index in [1.54, 1.807) is 0 Å². The lowest BCUT2D eigenvalue weighted by molar-refractivity contribution is -0.134. The molecule has 4 fully saturated rings. The maximum absolute atomic E-state index is 12.6. The molecule has 0 radical (unpaired) electrons. The number of unbranched alkanes of at least 4 members (excludes halogenated alkanes) is 1. The molecule has 4 nitrogen and oxygen atoms in total. The van der Waals surface area contributed by atoms with E-state index in [9.17, 15) is 10.0 Å². The van der Waals surface area contributed by atoms with Crippen molar-refractivity contribution in [3.05, 3.63) is 12.2 Å². The third-order valence-corrected chi connectivity index (χ3v) is 9.34. The summed E-state index contributed by atoms with van der Waals surface area (Å²) in [6.07, 6.45) is 15.3. The molecule has 0 amide bonds. The standard InChI is InChI=1S/C24H38N2O2/c1-23-11-9-16(6-4-3-5-13-25)14-20(23)21(26-28)15-17-18-7-8-22(27)24(18,2)12-10-19(17)23/h4,6,16-20,28H,3,5,7-15,25H2,1-2H3/b6-4-,26-21+/t16-,17+,18+,19+,20?,23-,24+/m1/s1. The first-order valence-electron chi connectivity index (χ1n) is 11.5. The van der Waals surface area contributed by atoms with Gasteiger partial charge in [-0.15, -0.1) is 0 Å². The molecule has 0 aliphatic heterocycles. The quantitative estimate of drug-likeness (QED) is 0.311. The molecular formula is C24H38N2O2. The topological polar surface area (TPSA) is 75.7 Å². The molecule has 4 saturated carbocycles. The van der Waals surface area contributed by atoms with Gasteiger partial charge >= 0.3 is 0 Å². The molecule has 1 unspecified atom stereocenters. The summed E-state index contributed by atoms with van der Waals surface area (Å²) in [6, 6.07) is 0. The van der Waals surface area contributed by atoms with Crippen LogP contribution in [0.3, 0.4) is 0 Å². The molecule has 4 rings (SSSR count). The van der Waals surface area contributed by atoms with Gasteiger partial charge in [0.25, 0.3) is 0 Å². The second kappa shape index (κ2) is 7.59. The average molecular weight is 387 g/mol. The normalized spacial score (nSPS) is 47.2. The van der Waals surface area contributed by atoms with E-state index in [1.165, 1.54) is 19.3 Å². The van der Waals surface area contributed by atoms with Crippen LogP contribution in [0.1, 0.15) is 78.1 Å². The summed E-state index contributed by atoms with van der Waals surface area (Å²) in [4.78, 5) is 12.6. The van der Waals surface area contributed by atoms with Gasteiger partial charge < -0.3 is 10.9 Å². The minimum absolute atomic E-state index is 0.117. The highest BCUT2D eigenvalue weighted by molar-refractivity contribution is 5.90. The number of oxime groups is 1. The van der Waals surface area contributed by atoms with Crippen LogP contribution in [0.15, 0.2) is 17.3 Å². The number of rotatable bonds is 4. The summed E-state index contributed by atoms with van der Waals surface area (Å²) in [5.74, 6) is 3.14. The molecule has 0 spiro atoms. The number of allylic oxidation sites excluding steroid dienone is 2. The second-order valence-corrected chi connectivity index (χ2v) is 10.5. The Hall–Kier alpha value is -1.16. The van der Waals surface area contributed by atoms with Crippen molar-refractivity contribution in [2.24, 2.45) is 51.3 Å². The molecule has 0 bridgehead atoms. The maximum atomic E-state index is 12.6. The Morgan fingerprint density at radius 2 is 2.04 bits per heavy atom. The first kappa shape index (κ1) is 20.1. The van der Waals surface area contributed by atoms with Crippen LogP contribution in [0.4, 0.5) is 0 Å². The summed E-state index contributed by atoms with van der Waals surface area (Å²) in [5.41, 5.74) is 6.73. The van der Waals surface area contributed by atoms with Gasteiger partial charge in [0, 0.05) is 17.8 Å². The average Bonchev–Trinajstić information content (AvgIpc) is 3.00. The van der Waals surface area contributed by atoms with Gasteiger partial charge in [0.05, 0.1) is 5.71 Å². The van der Waals surface area contributed by atoms with Crippen molar-refractivity contribution >= 4 is 11.5 Å². The van der Waals surface area contributed by atoms with Crippen molar-refractivity contribution in [2.45, 2.75) is 78.1 Å². The fourth-order valence-corrected chi connectivity index (χ4v) is 7.68. The Morgan fingerprint density at radius 1 is 1.21 bits per heavy atom. The lowest BCUT2D eigenvalue weighted by Gasteiger charge is -2.60. The van der Waals surface area contributed by atoms with Gasteiger partial charge in [0.15, 0.2) is 0 Å². The van der Waals surface area contributed by atoms with Crippen LogP contribution in [0.25, 0.3) is 0 Å². The van der Waals surface area contributed by atoms with Crippen LogP contribution >= 0.6 is 0 Å². The van der Waals surface area contributed by atoms with Gasteiger partial charge in [0.1, 0.15) is 5.78 Å². The molecule has 0 aromatic heterocycles. The number of ketones is 1. The molecule has 4 aliphatic rings. The van der Waals surface area contributed by atoms with Crippen molar-refractivity contribution < 1.29 is 10.0 Å². The molecule has 7 atom stereocenters. The molecule has 4 heteroatoms. The summed E-state index contributed by atoms with van der Waals surface area (Å²) in [6.45, 7) is 5.44.